The van der Waals surface area contributed by atoms with Gasteiger partial charge < -0.3 is 29.7 Å². The molecule has 0 atom stereocenters. The van der Waals surface area contributed by atoms with E-state index in [1.165, 1.54) is 0 Å². The van der Waals surface area contributed by atoms with Gasteiger partial charge in [0.25, 0.3) is 5.91 Å². The average molecular weight is 413 g/mol. The van der Waals surface area contributed by atoms with Gasteiger partial charge in [-0.2, -0.15) is 0 Å². The van der Waals surface area contributed by atoms with Gasteiger partial charge in [0, 0.05) is 12.1 Å². The first-order valence-electron chi connectivity index (χ1n) is 6.02. The molecule has 13 heteroatoms. The van der Waals surface area contributed by atoms with E-state index in [1.54, 1.807) is 0 Å². The molecule has 0 aliphatic carbocycles. The number of rotatable bonds is 8. The first-order chi connectivity index (χ1) is 10.3. The Kier molecular flexibility index (Phi) is 19.0. The number of nitrogens with one attached hydrogen (secondary N) is 1. The Morgan fingerprint density at radius 2 is 1.54 bits per heavy atom. The Labute approximate surface area is 218 Å². The molecule has 0 aliphatic rings. The molecule has 0 bridgehead atoms. The van der Waals surface area contributed by atoms with E-state index in [9.17, 15) is 37.6 Å². The van der Waals surface area contributed by atoms with Crippen LogP contribution in [0.15, 0.2) is 36.0 Å². The van der Waals surface area contributed by atoms with Crippen molar-refractivity contribution < 1.29 is 126 Å². The Hall–Kier alpha value is 0.540. The largest absolute Gasteiger partial charge is 1.00 e. The summed E-state index contributed by atoms with van der Waals surface area (Å²) in [5.41, 5.74) is -1.07. The summed E-state index contributed by atoms with van der Waals surface area (Å²) in [5.74, 6) is -4.36. The number of hydrogen-bond donors (Lipinski definition) is 1. The Balaban J connectivity index is -0.000000807. The van der Waals surface area contributed by atoms with Crippen molar-refractivity contribution in [2.24, 2.45) is 0 Å². The van der Waals surface area contributed by atoms with Gasteiger partial charge in [-0.1, -0.05) is 12.7 Å². The topological polar surface area (TPSA) is 167 Å². The monoisotopic (exact) mass is 413 g/mol. The minimum absolute atomic E-state index is 0. The van der Waals surface area contributed by atoms with Crippen LogP contribution in [0.25, 0.3) is 0 Å². The van der Waals surface area contributed by atoms with E-state index in [2.05, 4.69) is 11.9 Å². The molecule has 0 aromatic rings. The summed E-state index contributed by atoms with van der Waals surface area (Å²) in [6, 6.07) is 0. The van der Waals surface area contributed by atoms with Crippen molar-refractivity contribution in [2.45, 2.75) is 18.6 Å². The fourth-order valence-corrected chi connectivity index (χ4v) is 1.33. The zero-order chi connectivity index (χ0) is 18.4. The second kappa shape index (κ2) is 14.5. The van der Waals surface area contributed by atoms with Gasteiger partial charge in [0.1, 0.15) is 10.1 Å². The van der Waals surface area contributed by atoms with Crippen molar-refractivity contribution in [3.05, 3.63) is 36.0 Å². The van der Waals surface area contributed by atoms with Crippen LogP contribution in [0, 0.1) is 0 Å². The van der Waals surface area contributed by atoms with Gasteiger partial charge in [0.15, 0.2) is 0 Å². The van der Waals surface area contributed by atoms with Crippen molar-refractivity contribution in [1.29, 1.82) is 0 Å². The quantitative estimate of drug-likeness (QED) is 0.177. The first-order valence-corrected chi connectivity index (χ1v) is 7.43. The number of carbonyl (C=O) groups is 3. The van der Waals surface area contributed by atoms with Gasteiger partial charge in [-0.15, -0.1) is 0 Å². The molecule has 0 aromatic carbocycles. The van der Waals surface area contributed by atoms with Crippen molar-refractivity contribution in [3.8, 4) is 0 Å². The summed E-state index contributed by atoms with van der Waals surface area (Å²) < 4.78 is 31.1. The molecule has 0 heterocycles. The van der Waals surface area contributed by atoms with Crippen LogP contribution in [0.5, 0.6) is 0 Å². The van der Waals surface area contributed by atoms with Gasteiger partial charge in [-0.05, 0) is 31.6 Å². The predicted molar refractivity (Wildman–Crippen MR) is 73.2 cm³/mol. The number of carboxylic acid groups (broad SMARTS) is 2. The minimum Gasteiger partial charge on any atom is -0.747 e. The maximum Gasteiger partial charge on any atom is 1.00 e. The minimum atomic E-state index is -4.68. The number of carboxylic acids is 2. The van der Waals surface area contributed by atoms with Crippen molar-refractivity contribution in [1.82, 2.24) is 5.32 Å². The maximum atomic E-state index is 11.7. The molecule has 0 spiro atoms. The second-order valence-electron chi connectivity index (χ2n) is 4.96. The normalized spacial score (nSPS) is 11.4. The molecule has 0 fully saturated rings. The molecule has 1 amide bonds. The van der Waals surface area contributed by atoms with Crippen LogP contribution in [0.3, 0.4) is 0 Å². The summed E-state index contributed by atoms with van der Waals surface area (Å²) in [5, 5.41) is 23.1. The fraction of sp³-hybridized carbons (Fsp3) is 0.308. The summed E-state index contributed by atoms with van der Waals surface area (Å²) >= 11 is 0. The molecule has 0 radical (unpaired) electrons. The van der Waals surface area contributed by atoms with E-state index in [-0.39, 0.29) is 88.7 Å². The molecule has 0 saturated carbocycles. The number of hydrogen-bond acceptors (Lipinski definition) is 8. The Morgan fingerprint density at radius 3 is 1.88 bits per heavy atom. The average Bonchev–Trinajstić information content (AvgIpc) is 2.38. The molecule has 1 N–H and O–H groups in total. The van der Waals surface area contributed by atoms with E-state index in [4.69, 9.17) is 0 Å². The van der Waals surface area contributed by atoms with Crippen LogP contribution in [0.1, 0.15) is 13.8 Å². The second-order valence-corrected chi connectivity index (χ2v) is 6.97. The molecule has 26 heavy (non-hydrogen) atoms. The van der Waals surface area contributed by atoms with Crippen molar-refractivity contribution >= 4 is 28.0 Å². The first kappa shape index (κ1) is 34.1. The number of amides is 1. The molecule has 128 valence electrons. The van der Waals surface area contributed by atoms with Crippen LogP contribution in [-0.2, 0) is 24.5 Å². The molecular formula is C13H14NNa3O8S. The van der Waals surface area contributed by atoms with Crippen LogP contribution in [0.4, 0.5) is 0 Å². The van der Waals surface area contributed by atoms with Gasteiger partial charge in [-0.3, -0.25) is 4.79 Å². The van der Waals surface area contributed by atoms with Crippen LogP contribution < -0.4 is 104 Å². The standard InChI is InChI=1S/C13H17NO8S.3Na/c1-8(6-9(12(18)19)4-5-10(15)16)11(17)14-7-13(2,3)23(20,21)22;;;/h4-6H,1,7H2,2-3H3,(H,14,17)(H,15,16)(H,18,19)(H,20,21,22);;;/q;3*+1/p-3. The van der Waals surface area contributed by atoms with Crippen molar-refractivity contribution in [2.75, 3.05) is 6.54 Å². The van der Waals surface area contributed by atoms with Crippen LogP contribution >= 0.6 is 0 Å². The Morgan fingerprint density at radius 1 is 1.08 bits per heavy atom. The zero-order valence-electron chi connectivity index (χ0n) is 15.3. The van der Waals surface area contributed by atoms with E-state index in [0.29, 0.717) is 12.2 Å². The summed E-state index contributed by atoms with van der Waals surface area (Å²) in [7, 11) is -4.68. The molecule has 0 aliphatic heterocycles. The molecule has 9 nitrogen and oxygen atoms in total. The molecule has 0 aromatic heterocycles. The molecule has 0 unspecified atom stereocenters. The third-order valence-corrected chi connectivity index (χ3v) is 4.11. The fourth-order valence-electron chi connectivity index (χ4n) is 1.08. The maximum absolute atomic E-state index is 11.7. The van der Waals surface area contributed by atoms with Gasteiger partial charge in [0.05, 0.1) is 16.7 Å². The van der Waals surface area contributed by atoms with Crippen molar-refractivity contribution in [3.63, 3.8) is 0 Å². The predicted octanol–water partition coefficient (Wildman–Crippen LogP) is -12.0. The summed E-state index contributed by atoms with van der Waals surface area (Å²) in [6.07, 6.45) is 1.78. The summed E-state index contributed by atoms with van der Waals surface area (Å²) in [4.78, 5) is 32.7. The number of carbonyl (C=O) groups excluding carboxylic acids is 3. The van der Waals surface area contributed by atoms with E-state index in [1.807, 2.05) is 0 Å². The third kappa shape index (κ3) is 12.8. The van der Waals surface area contributed by atoms with E-state index < -0.39 is 50.4 Å². The SMILES string of the molecule is C=C(C=C(C=CC(=O)[O-])C(=O)[O-])C(=O)NCC(C)(C)S(=O)(=O)[O-].[Na+].[Na+].[Na+]. The van der Waals surface area contributed by atoms with Crippen LogP contribution in [-0.4, -0.2) is 42.1 Å². The van der Waals surface area contributed by atoms with Gasteiger partial charge in [-0.25, -0.2) is 8.42 Å². The molecular weight excluding hydrogens is 399 g/mol. The van der Waals surface area contributed by atoms with Gasteiger partial charge in [0.2, 0.25) is 0 Å². The van der Waals surface area contributed by atoms with E-state index in [0.717, 1.165) is 19.9 Å². The Bertz CT molecular complexity index is 698. The molecule has 0 rings (SSSR count). The molecule has 0 saturated heterocycles. The van der Waals surface area contributed by atoms with E-state index >= 15 is 0 Å². The number of aliphatic carboxylic acids is 2. The summed E-state index contributed by atoms with van der Waals surface area (Å²) in [6.45, 7) is 4.94. The third-order valence-electron chi connectivity index (χ3n) is 2.61. The van der Waals surface area contributed by atoms with Gasteiger partial charge >= 0.3 is 88.7 Å². The zero-order valence-corrected chi connectivity index (χ0v) is 22.1. The smallest absolute Gasteiger partial charge is 0.747 e. The van der Waals surface area contributed by atoms with Crippen LogP contribution in [0.2, 0.25) is 0 Å².